The van der Waals surface area contributed by atoms with Gasteiger partial charge in [0.05, 0.1) is 0 Å². The van der Waals surface area contributed by atoms with E-state index in [-0.39, 0.29) is 5.57 Å². The van der Waals surface area contributed by atoms with E-state index in [1.165, 1.54) is 58.3 Å². The SMILES string of the molecule is C1CCCC(C2CCCCCC2)CC1.C=C(C)C(=O)O. The van der Waals surface area contributed by atoms with Gasteiger partial charge in [-0.3, -0.25) is 0 Å². The van der Waals surface area contributed by atoms with Crippen molar-refractivity contribution in [2.75, 3.05) is 0 Å². The first-order chi connectivity index (χ1) is 9.61. The molecule has 0 unspecified atom stereocenters. The lowest BCUT2D eigenvalue weighted by Gasteiger charge is -2.24. The minimum absolute atomic E-state index is 0.176. The van der Waals surface area contributed by atoms with E-state index in [9.17, 15) is 4.79 Å². The molecule has 0 radical (unpaired) electrons. The Hall–Kier alpha value is -0.790. The summed E-state index contributed by atoms with van der Waals surface area (Å²) in [5.74, 6) is 1.31. The first kappa shape index (κ1) is 17.3. The van der Waals surface area contributed by atoms with Crippen LogP contribution in [0.2, 0.25) is 0 Å². The van der Waals surface area contributed by atoms with Gasteiger partial charge in [-0.05, 0) is 18.8 Å². The van der Waals surface area contributed by atoms with Crippen LogP contribution in [0, 0.1) is 11.8 Å². The molecule has 0 aromatic rings. The maximum Gasteiger partial charge on any atom is 0.330 e. The predicted octanol–water partition coefficient (Wildman–Crippen LogP) is 5.57. The number of carbonyl (C=O) groups is 1. The summed E-state index contributed by atoms with van der Waals surface area (Å²) in [4.78, 5) is 9.60. The van der Waals surface area contributed by atoms with Gasteiger partial charge in [-0.1, -0.05) is 83.6 Å². The maximum absolute atomic E-state index is 9.60. The fraction of sp³-hybridized carbons (Fsp3) is 0.833. The van der Waals surface area contributed by atoms with Crippen LogP contribution in [0.1, 0.15) is 84.0 Å². The molecule has 0 spiro atoms. The summed E-state index contributed by atoms with van der Waals surface area (Å²) in [5, 5.41) is 7.89. The van der Waals surface area contributed by atoms with Crippen molar-refractivity contribution in [2.45, 2.75) is 84.0 Å². The molecule has 2 fully saturated rings. The topological polar surface area (TPSA) is 37.3 Å². The van der Waals surface area contributed by atoms with E-state index < -0.39 is 5.97 Å². The smallest absolute Gasteiger partial charge is 0.330 e. The Labute approximate surface area is 124 Å². The zero-order valence-electron chi connectivity index (χ0n) is 13.2. The van der Waals surface area contributed by atoms with Crippen LogP contribution < -0.4 is 0 Å². The molecule has 20 heavy (non-hydrogen) atoms. The second-order valence-corrected chi connectivity index (χ2v) is 6.59. The van der Waals surface area contributed by atoms with Crippen molar-refractivity contribution in [1.29, 1.82) is 0 Å². The zero-order valence-corrected chi connectivity index (χ0v) is 13.2. The molecule has 2 saturated carbocycles. The third-order valence-electron chi connectivity index (χ3n) is 4.83. The molecule has 1 N–H and O–H groups in total. The summed E-state index contributed by atoms with van der Waals surface area (Å²) in [5.41, 5.74) is 0.176. The Morgan fingerprint density at radius 2 is 1.05 bits per heavy atom. The van der Waals surface area contributed by atoms with E-state index in [0.717, 1.165) is 11.8 Å². The first-order valence-electron chi connectivity index (χ1n) is 8.50. The van der Waals surface area contributed by atoms with Gasteiger partial charge < -0.3 is 5.11 Å². The van der Waals surface area contributed by atoms with Crippen LogP contribution >= 0.6 is 0 Å². The van der Waals surface area contributed by atoms with Crippen molar-refractivity contribution in [3.05, 3.63) is 12.2 Å². The fourth-order valence-corrected chi connectivity index (χ4v) is 3.56. The molecule has 2 aliphatic carbocycles. The molecule has 2 nitrogen and oxygen atoms in total. The van der Waals surface area contributed by atoms with E-state index in [2.05, 4.69) is 6.58 Å². The molecule has 2 heteroatoms. The van der Waals surface area contributed by atoms with Crippen molar-refractivity contribution in [1.82, 2.24) is 0 Å². The molecule has 0 amide bonds. The third-order valence-corrected chi connectivity index (χ3v) is 4.83. The molecule has 2 aliphatic rings. The molecule has 0 bridgehead atoms. The molecule has 0 saturated heterocycles. The number of carboxylic acid groups (broad SMARTS) is 1. The van der Waals surface area contributed by atoms with Gasteiger partial charge in [0.2, 0.25) is 0 Å². The van der Waals surface area contributed by atoms with Crippen LogP contribution in [0.25, 0.3) is 0 Å². The number of hydrogen-bond acceptors (Lipinski definition) is 1. The van der Waals surface area contributed by atoms with Gasteiger partial charge in [-0.25, -0.2) is 4.79 Å². The van der Waals surface area contributed by atoms with Crippen molar-refractivity contribution in [3.8, 4) is 0 Å². The van der Waals surface area contributed by atoms with E-state index >= 15 is 0 Å². The molecular weight excluding hydrogens is 248 g/mol. The van der Waals surface area contributed by atoms with E-state index in [1.807, 2.05) is 0 Å². The molecule has 0 atom stereocenters. The standard InChI is InChI=1S/C14H26.C4H6O2/c1-2-6-10-13(9-5-1)14-11-7-3-4-8-12-14;1-3(2)4(5)6/h13-14H,1-12H2;1H2,2H3,(H,5,6). The average Bonchev–Trinajstić information content (AvgIpc) is 2.84. The highest BCUT2D eigenvalue weighted by Gasteiger charge is 2.23. The monoisotopic (exact) mass is 280 g/mol. The lowest BCUT2D eigenvalue weighted by molar-refractivity contribution is -0.132. The second kappa shape index (κ2) is 10.0. The number of carboxylic acids is 1. The van der Waals surface area contributed by atoms with Crippen molar-refractivity contribution < 1.29 is 9.90 Å². The van der Waals surface area contributed by atoms with Crippen LogP contribution in [-0.2, 0) is 4.79 Å². The summed E-state index contributed by atoms with van der Waals surface area (Å²) < 4.78 is 0. The molecule has 0 aromatic heterocycles. The summed E-state index contributed by atoms with van der Waals surface area (Å²) >= 11 is 0. The molecule has 0 aromatic carbocycles. The second-order valence-electron chi connectivity index (χ2n) is 6.59. The minimum atomic E-state index is -0.935. The third kappa shape index (κ3) is 7.12. The predicted molar refractivity (Wildman–Crippen MR) is 84.8 cm³/mol. The zero-order chi connectivity index (χ0) is 14.8. The number of hydrogen-bond donors (Lipinski definition) is 1. The van der Waals surface area contributed by atoms with Gasteiger partial charge in [0.25, 0.3) is 0 Å². The highest BCUT2D eigenvalue weighted by atomic mass is 16.4. The van der Waals surface area contributed by atoms with Crippen LogP contribution in [0.4, 0.5) is 0 Å². The summed E-state index contributed by atoms with van der Waals surface area (Å²) in [6.07, 6.45) is 18.4. The molecule has 0 aliphatic heterocycles. The largest absolute Gasteiger partial charge is 0.478 e. The van der Waals surface area contributed by atoms with Gasteiger partial charge in [0, 0.05) is 5.57 Å². The van der Waals surface area contributed by atoms with Gasteiger partial charge >= 0.3 is 5.97 Å². The van der Waals surface area contributed by atoms with Crippen LogP contribution in [0.15, 0.2) is 12.2 Å². The number of aliphatic carboxylic acids is 1. The summed E-state index contributed by atoms with van der Waals surface area (Å²) in [6, 6.07) is 0. The Morgan fingerprint density at radius 1 is 0.800 bits per heavy atom. The fourth-order valence-electron chi connectivity index (χ4n) is 3.56. The summed E-state index contributed by atoms with van der Waals surface area (Å²) in [6.45, 7) is 4.60. The van der Waals surface area contributed by atoms with E-state index in [0.29, 0.717) is 0 Å². The molecule has 116 valence electrons. The minimum Gasteiger partial charge on any atom is -0.478 e. The normalized spacial score (nSPS) is 22.1. The highest BCUT2D eigenvalue weighted by Crippen LogP contribution is 2.36. The Balaban J connectivity index is 0.000000286. The quantitative estimate of drug-likeness (QED) is 0.530. The van der Waals surface area contributed by atoms with Crippen LogP contribution in [-0.4, -0.2) is 11.1 Å². The number of rotatable bonds is 2. The molecule has 0 heterocycles. The first-order valence-corrected chi connectivity index (χ1v) is 8.50. The van der Waals surface area contributed by atoms with Crippen molar-refractivity contribution >= 4 is 5.97 Å². The Bertz CT molecular complexity index is 250. The van der Waals surface area contributed by atoms with Gasteiger partial charge in [-0.15, -0.1) is 0 Å². The van der Waals surface area contributed by atoms with Gasteiger partial charge in [-0.2, -0.15) is 0 Å². The van der Waals surface area contributed by atoms with Crippen molar-refractivity contribution in [2.24, 2.45) is 11.8 Å². The summed E-state index contributed by atoms with van der Waals surface area (Å²) in [7, 11) is 0. The highest BCUT2D eigenvalue weighted by molar-refractivity contribution is 5.84. The van der Waals surface area contributed by atoms with Crippen LogP contribution in [0.5, 0.6) is 0 Å². The Morgan fingerprint density at radius 3 is 1.25 bits per heavy atom. The maximum atomic E-state index is 9.60. The van der Waals surface area contributed by atoms with E-state index in [4.69, 9.17) is 5.11 Å². The molecular formula is C18H32O2. The van der Waals surface area contributed by atoms with Crippen molar-refractivity contribution in [3.63, 3.8) is 0 Å². The average molecular weight is 280 g/mol. The van der Waals surface area contributed by atoms with Crippen LogP contribution in [0.3, 0.4) is 0 Å². The van der Waals surface area contributed by atoms with E-state index in [1.54, 1.807) is 25.7 Å². The van der Waals surface area contributed by atoms with Gasteiger partial charge in [0.1, 0.15) is 0 Å². The lowest BCUT2D eigenvalue weighted by atomic mass is 9.81. The van der Waals surface area contributed by atoms with Gasteiger partial charge in [0.15, 0.2) is 0 Å². The molecule has 2 rings (SSSR count). The Kier molecular flexibility index (Phi) is 8.64. The lowest BCUT2D eigenvalue weighted by Crippen LogP contribution is -2.13.